The number of ether oxygens (including phenoxy) is 1. The van der Waals surface area contributed by atoms with Gasteiger partial charge in [-0.15, -0.1) is 0 Å². The number of rotatable bonds is 7. The standard InChI is InChI=1S/C16H23Br2NOS/c1-3-20-16-14(17)7-11(8-15(16)18)10-19-12-5-6-13(9-12)21-4-2/h7-8,12-13,19H,3-6,9-10H2,1-2H3. The van der Waals surface area contributed by atoms with Crippen molar-refractivity contribution in [1.82, 2.24) is 5.32 Å². The third-order valence-corrected chi connectivity index (χ3v) is 6.14. The summed E-state index contributed by atoms with van der Waals surface area (Å²) < 4.78 is 7.65. The van der Waals surface area contributed by atoms with Crippen LogP contribution in [0.4, 0.5) is 0 Å². The summed E-state index contributed by atoms with van der Waals surface area (Å²) in [5.41, 5.74) is 1.28. The van der Waals surface area contributed by atoms with Crippen molar-refractivity contribution in [3.63, 3.8) is 0 Å². The minimum absolute atomic E-state index is 0.665. The number of halogens is 2. The van der Waals surface area contributed by atoms with Crippen molar-refractivity contribution < 1.29 is 4.74 Å². The van der Waals surface area contributed by atoms with Crippen LogP contribution in [-0.2, 0) is 6.54 Å². The van der Waals surface area contributed by atoms with Crippen molar-refractivity contribution >= 4 is 43.6 Å². The molecular formula is C16H23Br2NOS. The molecule has 5 heteroatoms. The highest BCUT2D eigenvalue weighted by Crippen LogP contribution is 2.35. The molecule has 1 N–H and O–H groups in total. The van der Waals surface area contributed by atoms with Gasteiger partial charge in [0.2, 0.25) is 0 Å². The second kappa shape index (κ2) is 8.80. The molecule has 0 aromatic heterocycles. The zero-order valence-electron chi connectivity index (χ0n) is 12.6. The molecule has 1 aromatic rings. The van der Waals surface area contributed by atoms with E-state index in [9.17, 15) is 0 Å². The van der Waals surface area contributed by atoms with E-state index in [0.717, 1.165) is 26.5 Å². The number of benzene rings is 1. The van der Waals surface area contributed by atoms with Gasteiger partial charge in [-0.3, -0.25) is 0 Å². The second-order valence-corrected chi connectivity index (χ2v) is 8.58. The molecule has 1 aliphatic carbocycles. The Morgan fingerprint density at radius 2 is 1.95 bits per heavy atom. The zero-order valence-corrected chi connectivity index (χ0v) is 16.6. The first-order chi connectivity index (χ1) is 10.1. The Balaban J connectivity index is 1.89. The van der Waals surface area contributed by atoms with E-state index in [1.165, 1.54) is 30.6 Å². The van der Waals surface area contributed by atoms with Crippen LogP contribution in [0.1, 0.15) is 38.7 Å². The van der Waals surface area contributed by atoms with Gasteiger partial charge >= 0.3 is 0 Å². The Bertz CT molecular complexity index is 447. The molecule has 2 atom stereocenters. The van der Waals surface area contributed by atoms with Crippen molar-refractivity contribution in [2.75, 3.05) is 12.4 Å². The van der Waals surface area contributed by atoms with Gasteiger partial charge in [-0.25, -0.2) is 0 Å². The molecule has 1 aliphatic rings. The third-order valence-electron chi connectivity index (χ3n) is 3.73. The lowest BCUT2D eigenvalue weighted by molar-refractivity contribution is 0.336. The van der Waals surface area contributed by atoms with E-state index in [1.54, 1.807) is 0 Å². The van der Waals surface area contributed by atoms with Crippen molar-refractivity contribution in [3.8, 4) is 5.75 Å². The summed E-state index contributed by atoms with van der Waals surface area (Å²) in [6.45, 7) is 5.84. The maximum absolute atomic E-state index is 5.62. The SMILES string of the molecule is CCOc1c(Br)cc(CNC2CCC(SCC)C2)cc1Br. The molecule has 2 rings (SSSR count). The van der Waals surface area contributed by atoms with Crippen LogP contribution in [0.5, 0.6) is 5.75 Å². The minimum Gasteiger partial charge on any atom is -0.492 e. The first kappa shape index (κ1) is 17.6. The molecule has 1 aromatic carbocycles. The topological polar surface area (TPSA) is 21.3 Å². The van der Waals surface area contributed by atoms with Crippen LogP contribution < -0.4 is 10.1 Å². The maximum atomic E-state index is 5.62. The van der Waals surface area contributed by atoms with Crippen molar-refractivity contribution in [1.29, 1.82) is 0 Å². The molecule has 2 nitrogen and oxygen atoms in total. The monoisotopic (exact) mass is 435 g/mol. The van der Waals surface area contributed by atoms with Gasteiger partial charge in [0.05, 0.1) is 15.6 Å². The van der Waals surface area contributed by atoms with Gasteiger partial charge < -0.3 is 10.1 Å². The Morgan fingerprint density at radius 3 is 2.57 bits per heavy atom. The molecule has 0 spiro atoms. The van der Waals surface area contributed by atoms with Crippen molar-refractivity contribution in [2.45, 2.75) is 50.9 Å². The Morgan fingerprint density at radius 1 is 1.24 bits per heavy atom. The van der Waals surface area contributed by atoms with Crippen LogP contribution in [0.25, 0.3) is 0 Å². The smallest absolute Gasteiger partial charge is 0.147 e. The average Bonchev–Trinajstić information content (AvgIpc) is 2.89. The molecular weight excluding hydrogens is 414 g/mol. The number of nitrogens with one attached hydrogen (secondary N) is 1. The van der Waals surface area contributed by atoms with Gasteiger partial charge in [0.1, 0.15) is 5.75 Å². The summed E-state index contributed by atoms with van der Waals surface area (Å²) in [6.07, 6.45) is 3.96. The van der Waals surface area contributed by atoms with Gasteiger partial charge in [-0.1, -0.05) is 6.92 Å². The number of hydrogen-bond acceptors (Lipinski definition) is 3. The molecule has 1 saturated carbocycles. The zero-order chi connectivity index (χ0) is 15.2. The summed E-state index contributed by atoms with van der Waals surface area (Å²) in [7, 11) is 0. The van der Waals surface area contributed by atoms with Crippen LogP contribution in [0.2, 0.25) is 0 Å². The maximum Gasteiger partial charge on any atom is 0.147 e. The van der Waals surface area contributed by atoms with Crippen LogP contribution >= 0.6 is 43.6 Å². The van der Waals surface area contributed by atoms with E-state index in [2.05, 4.69) is 68.0 Å². The first-order valence-electron chi connectivity index (χ1n) is 7.59. The Hall–Kier alpha value is 0.290. The summed E-state index contributed by atoms with van der Waals surface area (Å²) in [5.74, 6) is 2.12. The van der Waals surface area contributed by atoms with Crippen molar-refractivity contribution in [3.05, 3.63) is 26.6 Å². The highest BCUT2D eigenvalue weighted by atomic mass is 79.9. The van der Waals surface area contributed by atoms with E-state index < -0.39 is 0 Å². The molecule has 0 radical (unpaired) electrons. The quantitative estimate of drug-likeness (QED) is 0.620. The molecule has 0 amide bonds. The molecule has 0 aliphatic heterocycles. The highest BCUT2D eigenvalue weighted by Gasteiger charge is 2.24. The Kier molecular flexibility index (Phi) is 7.39. The van der Waals surface area contributed by atoms with Crippen LogP contribution in [0, 0.1) is 0 Å². The number of thioether (sulfide) groups is 1. The minimum atomic E-state index is 0.665. The van der Waals surface area contributed by atoms with E-state index in [1.807, 2.05) is 6.92 Å². The van der Waals surface area contributed by atoms with E-state index in [4.69, 9.17) is 4.74 Å². The van der Waals surface area contributed by atoms with Gasteiger partial charge in [-0.2, -0.15) is 11.8 Å². The largest absolute Gasteiger partial charge is 0.492 e. The second-order valence-electron chi connectivity index (χ2n) is 5.29. The van der Waals surface area contributed by atoms with E-state index in [-0.39, 0.29) is 0 Å². The average molecular weight is 437 g/mol. The number of hydrogen-bond donors (Lipinski definition) is 1. The van der Waals surface area contributed by atoms with E-state index >= 15 is 0 Å². The van der Waals surface area contributed by atoms with Crippen LogP contribution in [0.3, 0.4) is 0 Å². The van der Waals surface area contributed by atoms with Gasteiger partial charge in [0, 0.05) is 17.8 Å². The summed E-state index contributed by atoms with van der Waals surface area (Å²) in [6, 6.07) is 4.96. The Labute approximate surface area is 149 Å². The first-order valence-corrected chi connectivity index (χ1v) is 10.2. The lowest BCUT2D eigenvalue weighted by Crippen LogP contribution is -2.26. The molecule has 0 heterocycles. The molecule has 0 bridgehead atoms. The van der Waals surface area contributed by atoms with Crippen LogP contribution in [0.15, 0.2) is 21.1 Å². The normalized spacial score (nSPS) is 21.7. The van der Waals surface area contributed by atoms with Gasteiger partial charge in [0.25, 0.3) is 0 Å². The summed E-state index contributed by atoms with van der Waals surface area (Å²) in [5, 5.41) is 4.55. The molecule has 0 saturated heterocycles. The van der Waals surface area contributed by atoms with Crippen LogP contribution in [-0.4, -0.2) is 23.7 Å². The molecule has 118 valence electrons. The lowest BCUT2D eigenvalue weighted by Gasteiger charge is -2.15. The van der Waals surface area contributed by atoms with Gasteiger partial charge in [-0.05, 0) is 81.5 Å². The van der Waals surface area contributed by atoms with Gasteiger partial charge in [0.15, 0.2) is 0 Å². The predicted octanol–water partition coefficient (Wildman–Crippen LogP) is 5.37. The lowest BCUT2D eigenvalue weighted by atomic mass is 10.2. The summed E-state index contributed by atoms with van der Waals surface area (Å²) >= 11 is 9.30. The fourth-order valence-electron chi connectivity index (χ4n) is 2.77. The fourth-order valence-corrected chi connectivity index (χ4v) is 5.42. The fraction of sp³-hybridized carbons (Fsp3) is 0.625. The summed E-state index contributed by atoms with van der Waals surface area (Å²) in [4.78, 5) is 0. The molecule has 21 heavy (non-hydrogen) atoms. The van der Waals surface area contributed by atoms with Crippen molar-refractivity contribution in [2.24, 2.45) is 0 Å². The van der Waals surface area contributed by atoms with E-state index in [0.29, 0.717) is 12.6 Å². The molecule has 1 fully saturated rings. The highest BCUT2D eigenvalue weighted by molar-refractivity contribution is 9.11. The predicted molar refractivity (Wildman–Crippen MR) is 99.4 cm³/mol. The molecule has 2 unspecified atom stereocenters. The third kappa shape index (κ3) is 5.15.